The van der Waals surface area contributed by atoms with Gasteiger partial charge in [-0.3, -0.25) is 9.48 Å². The second-order valence-electron chi connectivity index (χ2n) is 7.04. The summed E-state index contributed by atoms with van der Waals surface area (Å²) in [5.41, 5.74) is 1.89. The monoisotopic (exact) mass is 405 g/mol. The van der Waals surface area contributed by atoms with E-state index in [0.29, 0.717) is 34.5 Å². The van der Waals surface area contributed by atoms with Crippen LogP contribution in [0.4, 0.5) is 19.0 Å². The molecule has 10 heteroatoms. The van der Waals surface area contributed by atoms with Crippen molar-refractivity contribution < 1.29 is 22.7 Å². The van der Waals surface area contributed by atoms with Gasteiger partial charge in [0, 0.05) is 30.1 Å². The lowest BCUT2D eigenvalue weighted by atomic mass is 10.2. The number of aryl methyl sites for hydroxylation is 1. The number of ether oxygens (including phenoxy) is 1. The van der Waals surface area contributed by atoms with Crippen LogP contribution in [-0.2, 0) is 11.3 Å². The molecule has 3 heterocycles. The van der Waals surface area contributed by atoms with Gasteiger partial charge in [0.2, 0.25) is 11.8 Å². The first-order valence-corrected chi connectivity index (χ1v) is 9.07. The number of amides is 1. The first-order chi connectivity index (χ1) is 13.8. The fraction of sp³-hybridized carbons (Fsp3) is 0.368. The standard InChI is InChI=1S/C19H18F3N5O2/c1-11-6-12(7-16(24-11)29-10-19(20,21)22)8-27-9-14-15(26-27)4-5-23-17(14)25-18(28)13-2-3-13/h4-7,9,13H,2-3,8,10H2,1H3,(H,23,25,28). The van der Waals surface area contributed by atoms with E-state index in [1.165, 1.54) is 6.07 Å². The molecule has 4 rings (SSSR count). The highest BCUT2D eigenvalue weighted by Gasteiger charge is 2.30. The van der Waals surface area contributed by atoms with Gasteiger partial charge in [-0.05, 0) is 37.5 Å². The normalized spacial score (nSPS) is 14.2. The van der Waals surface area contributed by atoms with Crippen molar-refractivity contribution in [1.29, 1.82) is 0 Å². The predicted molar refractivity (Wildman–Crippen MR) is 98.5 cm³/mol. The summed E-state index contributed by atoms with van der Waals surface area (Å²) in [6, 6.07) is 4.94. The van der Waals surface area contributed by atoms with Gasteiger partial charge in [0.15, 0.2) is 6.61 Å². The molecule has 0 bridgehead atoms. The first kappa shape index (κ1) is 19.2. The van der Waals surface area contributed by atoms with E-state index in [4.69, 9.17) is 4.74 Å². The summed E-state index contributed by atoms with van der Waals surface area (Å²) in [6.45, 7) is 0.583. The molecule has 0 aromatic carbocycles. The lowest BCUT2D eigenvalue weighted by molar-refractivity contribution is -0.154. The average molecular weight is 405 g/mol. The summed E-state index contributed by atoms with van der Waals surface area (Å²) < 4.78 is 43.6. The van der Waals surface area contributed by atoms with Crippen molar-refractivity contribution in [3.8, 4) is 5.88 Å². The molecule has 0 unspecified atom stereocenters. The molecule has 1 N–H and O–H groups in total. The van der Waals surface area contributed by atoms with Crippen LogP contribution in [0.25, 0.3) is 10.9 Å². The van der Waals surface area contributed by atoms with Crippen LogP contribution in [0.2, 0.25) is 0 Å². The Morgan fingerprint density at radius 2 is 2.14 bits per heavy atom. The molecule has 0 radical (unpaired) electrons. The maximum Gasteiger partial charge on any atom is 0.422 e. The zero-order valence-electron chi connectivity index (χ0n) is 15.5. The second kappa shape index (κ2) is 7.34. The summed E-state index contributed by atoms with van der Waals surface area (Å²) in [7, 11) is 0. The molecule has 29 heavy (non-hydrogen) atoms. The van der Waals surface area contributed by atoms with Crippen molar-refractivity contribution >= 4 is 22.6 Å². The van der Waals surface area contributed by atoms with Gasteiger partial charge in [0.05, 0.1) is 17.4 Å². The van der Waals surface area contributed by atoms with Crippen LogP contribution in [0.1, 0.15) is 24.1 Å². The number of rotatable bonds is 6. The van der Waals surface area contributed by atoms with Crippen LogP contribution in [-0.4, -0.2) is 38.4 Å². The molecule has 152 valence electrons. The number of carbonyl (C=O) groups excluding carboxylic acids is 1. The topological polar surface area (TPSA) is 81.9 Å². The maximum absolute atomic E-state index is 12.4. The molecular formula is C19H18F3N5O2. The van der Waals surface area contributed by atoms with Gasteiger partial charge in [-0.2, -0.15) is 18.3 Å². The Labute approximate surface area is 163 Å². The SMILES string of the molecule is Cc1cc(Cn2cc3c(NC(=O)C4CC4)nccc3n2)cc(OCC(F)(F)F)n1. The van der Waals surface area contributed by atoms with Crippen molar-refractivity contribution in [2.45, 2.75) is 32.5 Å². The number of aromatic nitrogens is 4. The number of pyridine rings is 2. The van der Waals surface area contributed by atoms with Crippen molar-refractivity contribution in [3.05, 3.63) is 41.9 Å². The number of carbonyl (C=O) groups is 1. The van der Waals surface area contributed by atoms with Gasteiger partial charge in [0.1, 0.15) is 5.82 Å². The van der Waals surface area contributed by atoms with Crippen LogP contribution in [0.3, 0.4) is 0 Å². The molecule has 3 aromatic rings. The van der Waals surface area contributed by atoms with E-state index in [-0.39, 0.29) is 17.7 Å². The molecule has 3 aromatic heterocycles. The van der Waals surface area contributed by atoms with E-state index >= 15 is 0 Å². The fourth-order valence-corrected chi connectivity index (χ4v) is 2.95. The Morgan fingerprint density at radius 3 is 2.86 bits per heavy atom. The smallest absolute Gasteiger partial charge is 0.422 e. The highest BCUT2D eigenvalue weighted by molar-refractivity contribution is 6.00. The van der Waals surface area contributed by atoms with Gasteiger partial charge in [-0.1, -0.05) is 0 Å². The first-order valence-electron chi connectivity index (χ1n) is 9.07. The summed E-state index contributed by atoms with van der Waals surface area (Å²) in [5.74, 6) is 0.366. The van der Waals surface area contributed by atoms with Gasteiger partial charge >= 0.3 is 6.18 Å². The Bertz CT molecular complexity index is 1060. The Hall–Kier alpha value is -3.17. The molecule has 1 amide bonds. The van der Waals surface area contributed by atoms with Crippen LogP contribution in [0.15, 0.2) is 30.6 Å². The Kier molecular flexibility index (Phi) is 4.85. The molecule has 0 aliphatic heterocycles. The lowest BCUT2D eigenvalue weighted by Crippen LogP contribution is -2.19. The van der Waals surface area contributed by atoms with Crippen LogP contribution < -0.4 is 10.1 Å². The molecule has 0 spiro atoms. The molecule has 1 aliphatic rings. The number of fused-ring (bicyclic) bond motifs is 1. The zero-order chi connectivity index (χ0) is 20.6. The van der Waals surface area contributed by atoms with Crippen LogP contribution in [0.5, 0.6) is 5.88 Å². The Balaban J connectivity index is 1.54. The van der Waals surface area contributed by atoms with E-state index in [1.54, 1.807) is 36.1 Å². The molecular weight excluding hydrogens is 387 g/mol. The van der Waals surface area contributed by atoms with Gasteiger partial charge < -0.3 is 10.1 Å². The third kappa shape index (κ3) is 4.82. The highest BCUT2D eigenvalue weighted by atomic mass is 19.4. The fourth-order valence-electron chi connectivity index (χ4n) is 2.95. The number of halogens is 3. The molecule has 0 atom stereocenters. The number of hydrogen-bond donors (Lipinski definition) is 1. The van der Waals surface area contributed by atoms with Crippen LogP contribution in [0, 0.1) is 12.8 Å². The van der Waals surface area contributed by atoms with Gasteiger partial charge in [0.25, 0.3) is 0 Å². The Morgan fingerprint density at radius 1 is 1.34 bits per heavy atom. The quantitative estimate of drug-likeness (QED) is 0.679. The summed E-state index contributed by atoms with van der Waals surface area (Å²) in [5, 5.41) is 7.99. The number of anilines is 1. The minimum Gasteiger partial charge on any atom is -0.468 e. The summed E-state index contributed by atoms with van der Waals surface area (Å²) >= 11 is 0. The second-order valence-corrected chi connectivity index (χ2v) is 7.04. The number of alkyl halides is 3. The van der Waals surface area contributed by atoms with Gasteiger partial charge in [-0.15, -0.1) is 0 Å². The maximum atomic E-state index is 12.4. The average Bonchev–Trinajstić information content (AvgIpc) is 3.40. The van der Waals surface area contributed by atoms with E-state index < -0.39 is 12.8 Å². The molecule has 0 saturated heterocycles. The van der Waals surface area contributed by atoms with E-state index in [1.807, 2.05) is 0 Å². The largest absolute Gasteiger partial charge is 0.468 e. The van der Waals surface area contributed by atoms with E-state index in [0.717, 1.165) is 12.8 Å². The van der Waals surface area contributed by atoms with Crippen LogP contribution >= 0.6 is 0 Å². The predicted octanol–water partition coefficient (Wildman–Crippen LogP) is 3.47. The summed E-state index contributed by atoms with van der Waals surface area (Å²) in [4.78, 5) is 20.3. The molecule has 7 nitrogen and oxygen atoms in total. The van der Waals surface area contributed by atoms with Crippen molar-refractivity contribution in [3.63, 3.8) is 0 Å². The minimum absolute atomic E-state index is 0.0473. The van der Waals surface area contributed by atoms with Crippen molar-refractivity contribution in [1.82, 2.24) is 19.7 Å². The third-order valence-electron chi connectivity index (χ3n) is 4.39. The molecule has 1 fully saturated rings. The third-order valence-corrected chi connectivity index (χ3v) is 4.39. The lowest BCUT2D eigenvalue weighted by Gasteiger charge is -2.10. The summed E-state index contributed by atoms with van der Waals surface area (Å²) in [6.07, 6.45) is 0.667. The van der Waals surface area contributed by atoms with Gasteiger partial charge in [-0.25, -0.2) is 9.97 Å². The van der Waals surface area contributed by atoms with Crippen molar-refractivity contribution in [2.24, 2.45) is 5.92 Å². The highest BCUT2D eigenvalue weighted by Crippen LogP contribution is 2.31. The number of nitrogens with zero attached hydrogens (tertiary/aromatic N) is 4. The number of hydrogen-bond acceptors (Lipinski definition) is 5. The zero-order valence-corrected chi connectivity index (χ0v) is 15.5. The van der Waals surface area contributed by atoms with E-state index in [9.17, 15) is 18.0 Å². The van der Waals surface area contributed by atoms with Crippen molar-refractivity contribution in [2.75, 3.05) is 11.9 Å². The minimum atomic E-state index is -4.43. The molecule has 1 aliphatic carbocycles. The van der Waals surface area contributed by atoms with E-state index in [2.05, 4.69) is 20.4 Å². The number of nitrogens with one attached hydrogen (secondary N) is 1. The molecule has 1 saturated carbocycles.